The molecule has 0 aromatic heterocycles. The maximum Gasteiger partial charge on any atom is 0.399 e. The molecule has 1 amide bonds. The Balaban J connectivity index is 3.01. The van der Waals surface area contributed by atoms with Crippen molar-refractivity contribution in [3.8, 4) is 0 Å². The minimum Gasteiger partial charge on any atom is -0.479 e. The van der Waals surface area contributed by atoms with Crippen molar-refractivity contribution in [1.82, 2.24) is 5.32 Å². The summed E-state index contributed by atoms with van der Waals surface area (Å²) in [7, 11) is -2.84. The average Bonchev–Trinajstić information content (AvgIpc) is 2.69. The number of nitrogens with one attached hydrogen (secondary N) is 1. The van der Waals surface area contributed by atoms with Crippen LogP contribution >= 0.6 is 0 Å². The molecule has 0 bridgehead atoms. The molecule has 1 aliphatic heterocycles. The van der Waals surface area contributed by atoms with E-state index in [2.05, 4.69) is 9.50 Å². The van der Waals surface area contributed by atoms with Crippen LogP contribution in [0.2, 0.25) is 0 Å². The Labute approximate surface area is 189 Å². The van der Waals surface area contributed by atoms with Crippen LogP contribution in [0, 0.1) is 0 Å². The van der Waals surface area contributed by atoms with Gasteiger partial charge < -0.3 is 49.4 Å². The second kappa shape index (κ2) is 12.8. The first-order chi connectivity index (χ1) is 15.2. The van der Waals surface area contributed by atoms with E-state index in [9.17, 15) is 38.4 Å². The van der Waals surface area contributed by atoms with Gasteiger partial charge in [-0.2, -0.15) is 8.42 Å². The zero-order valence-corrected chi connectivity index (χ0v) is 18.9. The Morgan fingerprint density at radius 1 is 1.15 bits per heavy atom. The van der Waals surface area contributed by atoms with Gasteiger partial charge in [-0.25, -0.2) is 8.98 Å². The first kappa shape index (κ1) is 29.5. The summed E-state index contributed by atoms with van der Waals surface area (Å²) >= 11 is 0. The number of hydrogen-bond donors (Lipinski definition) is 6. The fraction of sp³-hybridized carbons (Fsp3) is 0.875. The third-order valence-electron chi connectivity index (χ3n) is 4.33. The fourth-order valence-electron chi connectivity index (χ4n) is 2.87. The van der Waals surface area contributed by atoms with Crippen molar-refractivity contribution in [3.63, 3.8) is 0 Å². The molecule has 9 atom stereocenters. The maximum absolute atomic E-state index is 11.6. The molecule has 0 aromatic rings. The minimum absolute atomic E-state index is 0.588. The molecular formula is C16H29NO15S. The molecule has 6 N–H and O–H groups in total. The summed E-state index contributed by atoms with van der Waals surface area (Å²) < 4.78 is 60.6. The van der Waals surface area contributed by atoms with Gasteiger partial charge in [0.25, 0.3) is 0 Å². The lowest BCUT2D eigenvalue weighted by Crippen LogP contribution is -2.61. The first-order valence-corrected chi connectivity index (χ1v) is 10.8. The Morgan fingerprint density at radius 2 is 1.76 bits per heavy atom. The lowest BCUT2D eigenvalue weighted by atomic mass is 9.98. The van der Waals surface area contributed by atoms with Crippen LogP contribution in [-0.2, 0) is 47.9 Å². The van der Waals surface area contributed by atoms with E-state index in [1.807, 2.05) is 0 Å². The molecule has 0 saturated carbocycles. The first-order valence-electron chi connectivity index (χ1n) is 9.39. The normalized spacial score (nSPS) is 29.6. The number of carboxylic acid groups (broad SMARTS) is 1. The molecule has 1 saturated heterocycles. The molecule has 1 fully saturated rings. The van der Waals surface area contributed by atoms with Crippen LogP contribution in [0.15, 0.2) is 0 Å². The van der Waals surface area contributed by atoms with Crippen molar-refractivity contribution < 1.29 is 70.9 Å². The number of aliphatic carboxylic acids is 1. The quantitative estimate of drug-likeness (QED) is 0.105. The highest BCUT2D eigenvalue weighted by Gasteiger charge is 2.49. The van der Waals surface area contributed by atoms with E-state index in [1.54, 1.807) is 0 Å². The molecule has 0 spiro atoms. The number of hydrogen-bond acceptors (Lipinski definition) is 13. The molecule has 33 heavy (non-hydrogen) atoms. The van der Waals surface area contributed by atoms with Gasteiger partial charge in [0.1, 0.15) is 30.5 Å². The highest BCUT2D eigenvalue weighted by Crippen LogP contribution is 2.25. The number of amides is 1. The number of aliphatic hydroxyl groups is 3. The number of methoxy groups -OCH3 is 2. The van der Waals surface area contributed by atoms with Gasteiger partial charge in [0.15, 0.2) is 18.7 Å². The number of rotatable bonds is 13. The van der Waals surface area contributed by atoms with E-state index in [0.29, 0.717) is 0 Å². The summed E-state index contributed by atoms with van der Waals surface area (Å²) in [6.45, 7) is 1.60. The van der Waals surface area contributed by atoms with Crippen LogP contribution in [-0.4, -0.2) is 122 Å². The summed E-state index contributed by atoms with van der Waals surface area (Å²) in [5.74, 6) is -2.13. The molecule has 0 aromatic carbocycles. The van der Waals surface area contributed by atoms with Crippen LogP contribution in [0.1, 0.15) is 13.8 Å². The van der Waals surface area contributed by atoms with Crippen LogP contribution in [0.3, 0.4) is 0 Å². The number of ether oxygens (including phenoxy) is 5. The van der Waals surface area contributed by atoms with Crippen molar-refractivity contribution in [2.75, 3.05) is 20.8 Å². The van der Waals surface area contributed by atoms with Crippen molar-refractivity contribution in [2.24, 2.45) is 0 Å². The SMILES string of the molecule is CO[C@H](O[C@@H](OS(=O)(=O)O)[C@H](C)O)C(CO[C@@H]1O[C@@H](C(=O)O)[C@@H](OC)C(O)C1O)NC(C)=O. The number of carboxylic acids is 1. The Morgan fingerprint density at radius 3 is 2.18 bits per heavy atom. The van der Waals surface area contributed by atoms with E-state index in [1.165, 1.54) is 0 Å². The summed E-state index contributed by atoms with van der Waals surface area (Å²) in [6.07, 6.45) is -13.4. The van der Waals surface area contributed by atoms with Gasteiger partial charge in [0.2, 0.25) is 12.2 Å². The molecule has 0 aliphatic carbocycles. The van der Waals surface area contributed by atoms with Gasteiger partial charge in [-0.05, 0) is 6.92 Å². The van der Waals surface area contributed by atoms with Gasteiger partial charge in [0.05, 0.1) is 6.61 Å². The molecule has 194 valence electrons. The van der Waals surface area contributed by atoms with Crippen molar-refractivity contribution in [1.29, 1.82) is 0 Å². The fourth-order valence-corrected chi connectivity index (χ4v) is 3.31. The molecule has 1 heterocycles. The summed E-state index contributed by atoms with van der Waals surface area (Å²) in [4.78, 5) is 23.0. The maximum atomic E-state index is 11.6. The number of aliphatic hydroxyl groups excluding tert-OH is 3. The Bertz CT molecular complexity index is 746. The molecule has 0 radical (unpaired) electrons. The predicted molar refractivity (Wildman–Crippen MR) is 103 cm³/mol. The minimum atomic E-state index is -5.04. The van der Waals surface area contributed by atoms with Gasteiger partial charge in [-0.3, -0.25) is 9.35 Å². The third-order valence-corrected chi connectivity index (χ3v) is 4.76. The number of carbonyl (C=O) groups excluding carboxylic acids is 1. The van der Waals surface area contributed by atoms with Crippen LogP contribution < -0.4 is 5.32 Å². The second-order valence-corrected chi connectivity index (χ2v) is 8.01. The van der Waals surface area contributed by atoms with E-state index >= 15 is 0 Å². The lowest BCUT2D eigenvalue weighted by molar-refractivity contribution is -0.304. The summed E-state index contributed by atoms with van der Waals surface area (Å²) in [6, 6.07) is -1.27. The topological polar surface area (TPSA) is 237 Å². The van der Waals surface area contributed by atoms with Gasteiger partial charge in [0, 0.05) is 21.1 Å². The summed E-state index contributed by atoms with van der Waals surface area (Å²) in [5, 5.41) is 41.6. The third kappa shape index (κ3) is 8.98. The Kier molecular flexibility index (Phi) is 11.5. The molecule has 1 rings (SSSR count). The van der Waals surface area contributed by atoms with Crippen LogP contribution in [0.25, 0.3) is 0 Å². The predicted octanol–water partition coefficient (Wildman–Crippen LogP) is -3.43. The van der Waals surface area contributed by atoms with Crippen molar-refractivity contribution in [2.45, 2.75) is 69.3 Å². The van der Waals surface area contributed by atoms with E-state index in [-0.39, 0.29) is 0 Å². The average molecular weight is 507 g/mol. The second-order valence-electron chi connectivity index (χ2n) is 6.96. The van der Waals surface area contributed by atoms with Gasteiger partial charge >= 0.3 is 16.4 Å². The van der Waals surface area contributed by atoms with Gasteiger partial charge in [-0.15, -0.1) is 0 Å². The van der Waals surface area contributed by atoms with Crippen molar-refractivity contribution in [3.05, 3.63) is 0 Å². The van der Waals surface area contributed by atoms with E-state index < -0.39 is 84.3 Å². The summed E-state index contributed by atoms with van der Waals surface area (Å²) in [5.41, 5.74) is 0. The largest absolute Gasteiger partial charge is 0.479 e. The van der Waals surface area contributed by atoms with Crippen LogP contribution in [0.4, 0.5) is 0 Å². The molecular weight excluding hydrogens is 478 g/mol. The standard InChI is InChI=1S/C16H29NO15S/c1-6(18)14(32-33(24,25)26)31-15(28-4)8(17-7(2)19)5-29-16-10(21)9(20)11(27-3)12(30-16)13(22)23/h6,8-12,14-16,18,20-21H,5H2,1-4H3,(H,17,19)(H,22,23)(H,24,25,26)/t6-,8?,9?,10?,11-,12+,14-,15+,16+/m0/s1. The lowest BCUT2D eigenvalue weighted by Gasteiger charge is -2.40. The smallest absolute Gasteiger partial charge is 0.399 e. The van der Waals surface area contributed by atoms with Crippen molar-refractivity contribution >= 4 is 22.3 Å². The highest BCUT2D eigenvalue weighted by molar-refractivity contribution is 7.80. The highest BCUT2D eigenvalue weighted by atomic mass is 32.3. The van der Waals surface area contributed by atoms with E-state index in [4.69, 9.17) is 28.2 Å². The van der Waals surface area contributed by atoms with Crippen LogP contribution in [0.5, 0.6) is 0 Å². The molecule has 16 nitrogen and oxygen atoms in total. The molecule has 17 heteroatoms. The zero-order chi connectivity index (χ0) is 25.5. The molecule has 1 aliphatic rings. The Hall–Kier alpha value is -1.51. The zero-order valence-electron chi connectivity index (χ0n) is 18.1. The van der Waals surface area contributed by atoms with Gasteiger partial charge in [-0.1, -0.05) is 0 Å². The number of carbonyl (C=O) groups is 2. The van der Waals surface area contributed by atoms with E-state index in [0.717, 1.165) is 28.1 Å². The monoisotopic (exact) mass is 507 g/mol. The molecule has 3 unspecified atom stereocenters.